The monoisotopic (exact) mass is 277 g/mol. The van der Waals surface area contributed by atoms with Crippen LogP contribution in [0.3, 0.4) is 0 Å². The number of hydrogen-bond acceptors (Lipinski definition) is 4. The van der Waals surface area contributed by atoms with Gasteiger partial charge >= 0.3 is 0 Å². The van der Waals surface area contributed by atoms with Gasteiger partial charge in [0.1, 0.15) is 17.7 Å². The van der Waals surface area contributed by atoms with E-state index in [0.717, 1.165) is 31.5 Å². The highest BCUT2D eigenvalue weighted by Crippen LogP contribution is 2.37. The first-order chi connectivity index (χ1) is 9.67. The number of aryl methyl sites for hydroxylation is 1. The van der Waals surface area contributed by atoms with Gasteiger partial charge in [0.25, 0.3) is 0 Å². The first-order valence-corrected chi connectivity index (χ1v) is 7.13. The molecule has 2 fully saturated rings. The molecule has 1 aliphatic carbocycles. The molecule has 2 amide bonds. The van der Waals surface area contributed by atoms with E-state index >= 15 is 0 Å². The minimum Gasteiger partial charge on any atom is -0.345 e. The molecule has 2 aliphatic rings. The molecule has 3 rings (SSSR count). The second kappa shape index (κ2) is 4.88. The highest BCUT2D eigenvalue weighted by atomic mass is 16.2. The summed E-state index contributed by atoms with van der Waals surface area (Å²) in [5.74, 6) is 0.691. The Balaban J connectivity index is 1.91. The van der Waals surface area contributed by atoms with Crippen LogP contribution in [0.5, 0.6) is 0 Å². The molecular weight excluding hydrogens is 258 g/mol. The topological polar surface area (TPSA) is 80.1 Å². The standard InChI is InChI=1S/C13H19N5O2/c1-2-18-10(15-9-16-18)8-17-11(19)7-14-12(20)13(17)5-3-4-6-13/h9H,2-8H2,1H3,(H,14,20). The Bertz CT molecular complexity index is 533. The van der Waals surface area contributed by atoms with E-state index in [1.54, 1.807) is 9.58 Å². The molecule has 1 saturated carbocycles. The minimum absolute atomic E-state index is 0.0165. The van der Waals surface area contributed by atoms with Crippen molar-refractivity contribution in [3.05, 3.63) is 12.2 Å². The third-order valence-corrected chi connectivity index (χ3v) is 4.37. The lowest BCUT2D eigenvalue weighted by Gasteiger charge is -2.43. The lowest BCUT2D eigenvalue weighted by atomic mass is 9.91. The summed E-state index contributed by atoms with van der Waals surface area (Å²) < 4.78 is 1.77. The Labute approximate surface area is 117 Å². The van der Waals surface area contributed by atoms with Crippen molar-refractivity contribution >= 4 is 11.8 Å². The Kier molecular flexibility index (Phi) is 3.19. The lowest BCUT2D eigenvalue weighted by molar-refractivity contribution is -0.154. The van der Waals surface area contributed by atoms with Gasteiger partial charge < -0.3 is 10.2 Å². The van der Waals surface area contributed by atoms with Gasteiger partial charge in [0.2, 0.25) is 11.8 Å². The minimum atomic E-state index is -0.667. The number of piperazine rings is 1. The van der Waals surface area contributed by atoms with E-state index in [-0.39, 0.29) is 18.4 Å². The molecule has 1 aromatic rings. The summed E-state index contributed by atoms with van der Waals surface area (Å²) in [6.07, 6.45) is 4.94. The third-order valence-electron chi connectivity index (χ3n) is 4.37. The predicted molar refractivity (Wildman–Crippen MR) is 70.5 cm³/mol. The van der Waals surface area contributed by atoms with Gasteiger partial charge in [-0.05, 0) is 19.8 Å². The second-order valence-corrected chi connectivity index (χ2v) is 5.39. The summed E-state index contributed by atoms with van der Waals surface area (Å²) in [7, 11) is 0. The zero-order valence-corrected chi connectivity index (χ0v) is 11.6. The Morgan fingerprint density at radius 3 is 2.80 bits per heavy atom. The van der Waals surface area contributed by atoms with Crippen molar-refractivity contribution < 1.29 is 9.59 Å². The van der Waals surface area contributed by atoms with Crippen LogP contribution in [0.25, 0.3) is 0 Å². The van der Waals surface area contributed by atoms with Crippen LogP contribution in [-0.4, -0.2) is 43.6 Å². The number of carbonyl (C=O) groups excluding carboxylic acids is 2. The van der Waals surface area contributed by atoms with Crippen molar-refractivity contribution in [3.63, 3.8) is 0 Å². The van der Waals surface area contributed by atoms with Gasteiger partial charge in [-0.2, -0.15) is 5.10 Å². The number of rotatable bonds is 3. The molecule has 1 N–H and O–H groups in total. The molecule has 0 bridgehead atoms. The summed E-state index contributed by atoms with van der Waals surface area (Å²) in [6.45, 7) is 3.13. The molecule has 0 atom stereocenters. The van der Waals surface area contributed by atoms with Gasteiger partial charge in [0.15, 0.2) is 0 Å². The summed E-state index contributed by atoms with van der Waals surface area (Å²) >= 11 is 0. The smallest absolute Gasteiger partial charge is 0.246 e. The number of nitrogens with zero attached hydrogens (tertiary/aromatic N) is 4. The second-order valence-electron chi connectivity index (χ2n) is 5.39. The molecule has 20 heavy (non-hydrogen) atoms. The molecule has 1 saturated heterocycles. The van der Waals surface area contributed by atoms with Gasteiger partial charge in [-0.15, -0.1) is 0 Å². The number of nitrogens with one attached hydrogen (secondary N) is 1. The van der Waals surface area contributed by atoms with Crippen LogP contribution < -0.4 is 5.32 Å². The maximum Gasteiger partial charge on any atom is 0.246 e. The number of aromatic nitrogens is 3. The quantitative estimate of drug-likeness (QED) is 0.848. The van der Waals surface area contributed by atoms with Crippen molar-refractivity contribution in [1.82, 2.24) is 25.0 Å². The van der Waals surface area contributed by atoms with Crippen LogP contribution in [0.4, 0.5) is 0 Å². The molecule has 7 heteroatoms. The molecule has 7 nitrogen and oxygen atoms in total. The maximum atomic E-state index is 12.3. The van der Waals surface area contributed by atoms with Crippen molar-refractivity contribution in [3.8, 4) is 0 Å². The van der Waals surface area contributed by atoms with Crippen LogP contribution >= 0.6 is 0 Å². The molecule has 1 aromatic heterocycles. The van der Waals surface area contributed by atoms with Crippen molar-refractivity contribution in [2.24, 2.45) is 0 Å². The van der Waals surface area contributed by atoms with Crippen LogP contribution in [0, 0.1) is 0 Å². The first kappa shape index (κ1) is 13.1. The van der Waals surface area contributed by atoms with Crippen LogP contribution in [0.2, 0.25) is 0 Å². The zero-order chi connectivity index (χ0) is 14.2. The number of amides is 2. The molecule has 0 aromatic carbocycles. The van der Waals surface area contributed by atoms with Crippen LogP contribution in [0.15, 0.2) is 6.33 Å². The fraction of sp³-hybridized carbons (Fsp3) is 0.692. The average molecular weight is 277 g/mol. The first-order valence-electron chi connectivity index (χ1n) is 7.13. The largest absolute Gasteiger partial charge is 0.345 e. The summed E-state index contributed by atoms with van der Waals surface area (Å²) in [5, 5.41) is 6.86. The third kappa shape index (κ3) is 1.88. The van der Waals surface area contributed by atoms with E-state index in [1.807, 2.05) is 6.92 Å². The molecule has 0 unspecified atom stereocenters. The van der Waals surface area contributed by atoms with Gasteiger partial charge in [0.05, 0.1) is 13.1 Å². The number of carbonyl (C=O) groups is 2. The Hall–Kier alpha value is -1.92. The fourth-order valence-corrected chi connectivity index (χ4v) is 3.29. The summed E-state index contributed by atoms with van der Waals surface area (Å²) in [6, 6.07) is 0. The molecule has 2 heterocycles. The van der Waals surface area contributed by atoms with Gasteiger partial charge in [-0.1, -0.05) is 12.8 Å². The van der Waals surface area contributed by atoms with E-state index in [9.17, 15) is 9.59 Å². The van der Waals surface area contributed by atoms with E-state index < -0.39 is 5.54 Å². The SMILES string of the molecule is CCn1ncnc1CN1C(=O)CNC(=O)C12CCCC2. The van der Waals surface area contributed by atoms with Crippen LogP contribution in [-0.2, 0) is 22.7 Å². The number of hydrogen-bond donors (Lipinski definition) is 1. The van der Waals surface area contributed by atoms with Gasteiger partial charge in [-0.25, -0.2) is 9.67 Å². The van der Waals surface area contributed by atoms with E-state index in [2.05, 4.69) is 15.4 Å². The molecule has 108 valence electrons. The van der Waals surface area contributed by atoms with Gasteiger partial charge in [0, 0.05) is 6.54 Å². The lowest BCUT2D eigenvalue weighted by Crippen LogP contribution is -2.65. The zero-order valence-electron chi connectivity index (χ0n) is 11.6. The predicted octanol–water partition coefficient (Wildman–Crippen LogP) is 0.0692. The molecule has 1 spiro atoms. The van der Waals surface area contributed by atoms with Crippen LogP contribution in [0.1, 0.15) is 38.4 Å². The van der Waals surface area contributed by atoms with E-state index in [0.29, 0.717) is 13.1 Å². The fourth-order valence-electron chi connectivity index (χ4n) is 3.29. The van der Waals surface area contributed by atoms with Crippen molar-refractivity contribution in [2.75, 3.05) is 6.54 Å². The highest BCUT2D eigenvalue weighted by Gasteiger charge is 2.51. The van der Waals surface area contributed by atoms with Crippen molar-refractivity contribution in [1.29, 1.82) is 0 Å². The Morgan fingerprint density at radius 1 is 1.35 bits per heavy atom. The molecular formula is C13H19N5O2. The summed E-state index contributed by atoms with van der Waals surface area (Å²) in [4.78, 5) is 30.5. The average Bonchev–Trinajstić information content (AvgIpc) is 3.09. The summed E-state index contributed by atoms with van der Waals surface area (Å²) in [5.41, 5.74) is -0.667. The molecule has 1 aliphatic heterocycles. The van der Waals surface area contributed by atoms with E-state index in [1.165, 1.54) is 6.33 Å². The maximum absolute atomic E-state index is 12.3. The highest BCUT2D eigenvalue weighted by molar-refractivity contribution is 5.98. The van der Waals surface area contributed by atoms with Crippen molar-refractivity contribution in [2.45, 2.75) is 51.2 Å². The normalized spacial score (nSPS) is 21.6. The molecule has 0 radical (unpaired) electrons. The van der Waals surface area contributed by atoms with Gasteiger partial charge in [-0.3, -0.25) is 9.59 Å². The Morgan fingerprint density at radius 2 is 2.10 bits per heavy atom. The van der Waals surface area contributed by atoms with E-state index in [4.69, 9.17) is 0 Å².